The van der Waals surface area contributed by atoms with Gasteiger partial charge in [0, 0.05) is 13.5 Å². The highest BCUT2D eigenvalue weighted by Gasteiger charge is 2.02. The highest BCUT2D eigenvalue weighted by molar-refractivity contribution is 5.74. The fraction of sp³-hybridized carbons (Fsp3) is 0.571. The van der Waals surface area contributed by atoms with Crippen molar-refractivity contribution in [2.75, 3.05) is 7.11 Å². The summed E-state index contributed by atoms with van der Waals surface area (Å²) in [6.45, 7) is 0.878. The summed E-state index contributed by atoms with van der Waals surface area (Å²) in [5.41, 5.74) is 2.78. The molecule has 1 aromatic rings. The Balaban J connectivity index is 2.39. The van der Waals surface area contributed by atoms with Crippen LogP contribution in [-0.4, -0.2) is 28.0 Å². The molecule has 0 fully saturated rings. The van der Waals surface area contributed by atoms with E-state index < -0.39 is 0 Å². The molecule has 7 heteroatoms. The summed E-state index contributed by atoms with van der Waals surface area (Å²) < 4.78 is 6.45. The van der Waals surface area contributed by atoms with E-state index in [9.17, 15) is 4.79 Å². The molecular weight excluding hydrogens is 186 g/mol. The Bertz CT molecular complexity index is 298. The monoisotopic (exact) mass is 199 g/mol. The van der Waals surface area contributed by atoms with Crippen LogP contribution in [0.5, 0.6) is 0 Å². The van der Waals surface area contributed by atoms with Crippen molar-refractivity contribution in [2.45, 2.75) is 19.6 Å². The second-order valence-electron chi connectivity index (χ2n) is 2.72. The van der Waals surface area contributed by atoms with Gasteiger partial charge in [-0.3, -0.25) is 14.9 Å². The quantitative estimate of drug-likeness (QED) is 0.353. The lowest BCUT2D eigenvalue weighted by Gasteiger charge is -1.98. The number of nitrogens with two attached hydrogens (primary N) is 1. The van der Waals surface area contributed by atoms with Crippen molar-refractivity contribution in [1.82, 2.24) is 20.4 Å². The van der Waals surface area contributed by atoms with E-state index in [2.05, 4.69) is 10.3 Å². The SMILES string of the molecule is COCc1cn(CCC(=O)NN)nn1. The van der Waals surface area contributed by atoms with Crippen molar-refractivity contribution in [3.63, 3.8) is 0 Å². The van der Waals surface area contributed by atoms with E-state index in [1.54, 1.807) is 18.0 Å². The van der Waals surface area contributed by atoms with E-state index in [0.717, 1.165) is 5.69 Å². The third kappa shape index (κ3) is 3.11. The maximum atomic E-state index is 10.8. The van der Waals surface area contributed by atoms with E-state index in [-0.39, 0.29) is 12.3 Å². The maximum absolute atomic E-state index is 10.8. The number of carbonyl (C=O) groups excluding carboxylic acids is 1. The lowest BCUT2D eigenvalue weighted by Crippen LogP contribution is -2.30. The summed E-state index contributed by atoms with van der Waals surface area (Å²) in [4.78, 5) is 10.8. The number of ether oxygens (including phenoxy) is 1. The van der Waals surface area contributed by atoms with Gasteiger partial charge in [-0.25, -0.2) is 5.84 Å². The predicted octanol–water partition coefficient (Wildman–Crippen LogP) is -1.20. The van der Waals surface area contributed by atoms with Crippen LogP contribution in [0.1, 0.15) is 12.1 Å². The van der Waals surface area contributed by atoms with Crippen molar-refractivity contribution >= 4 is 5.91 Å². The predicted molar refractivity (Wildman–Crippen MR) is 47.7 cm³/mol. The van der Waals surface area contributed by atoms with Gasteiger partial charge in [0.05, 0.1) is 19.3 Å². The number of nitrogens with zero attached hydrogens (tertiary/aromatic N) is 3. The Morgan fingerprint density at radius 1 is 1.79 bits per heavy atom. The van der Waals surface area contributed by atoms with Crippen molar-refractivity contribution in [3.8, 4) is 0 Å². The van der Waals surface area contributed by atoms with Gasteiger partial charge in [0.25, 0.3) is 0 Å². The minimum atomic E-state index is -0.228. The van der Waals surface area contributed by atoms with Crippen LogP contribution in [0.2, 0.25) is 0 Å². The molecule has 78 valence electrons. The molecule has 0 aliphatic rings. The first-order chi connectivity index (χ1) is 6.76. The molecule has 0 aromatic carbocycles. The topological polar surface area (TPSA) is 95.1 Å². The number of hydrogen-bond acceptors (Lipinski definition) is 5. The molecule has 1 aromatic heterocycles. The molecule has 1 rings (SSSR count). The van der Waals surface area contributed by atoms with Crippen LogP contribution < -0.4 is 11.3 Å². The number of carbonyl (C=O) groups is 1. The number of aromatic nitrogens is 3. The first kappa shape index (κ1) is 10.6. The third-order valence-electron chi connectivity index (χ3n) is 1.61. The lowest BCUT2D eigenvalue weighted by molar-refractivity contribution is -0.121. The molecule has 0 aliphatic heterocycles. The van der Waals surface area contributed by atoms with Gasteiger partial charge in [0.1, 0.15) is 5.69 Å². The summed E-state index contributed by atoms with van der Waals surface area (Å²) in [5.74, 6) is 4.70. The first-order valence-electron chi connectivity index (χ1n) is 4.13. The summed E-state index contributed by atoms with van der Waals surface area (Å²) in [6, 6.07) is 0. The highest BCUT2D eigenvalue weighted by atomic mass is 16.5. The van der Waals surface area contributed by atoms with Crippen molar-refractivity contribution in [2.24, 2.45) is 5.84 Å². The minimum absolute atomic E-state index is 0.228. The molecule has 0 atom stereocenters. The first-order valence-corrected chi connectivity index (χ1v) is 4.13. The molecule has 0 bridgehead atoms. The number of amides is 1. The van der Waals surface area contributed by atoms with Crippen molar-refractivity contribution in [3.05, 3.63) is 11.9 Å². The van der Waals surface area contributed by atoms with Gasteiger partial charge in [-0.2, -0.15) is 0 Å². The van der Waals surface area contributed by atoms with E-state index in [4.69, 9.17) is 10.6 Å². The summed E-state index contributed by atoms with van der Waals surface area (Å²) in [7, 11) is 1.58. The van der Waals surface area contributed by atoms with Crippen LogP contribution >= 0.6 is 0 Å². The summed E-state index contributed by atoms with van der Waals surface area (Å²) in [5, 5.41) is 7.64. The molecule has 0 unspecified atom stereocenters. The van der Waals surface area contributed by atoms with Gasteiger partial charge in [0.2, 0.25) is 5.91 Å². The minimum Gasteiger partial charge on any atom is -0.378 e. The standard InChI is InChI=1S/C7H13N5O2/c1-14-5-6-4-12(11-10-6)3-2-7(13)9-8/h4H,2-3,5,8H2,1H3,(H,9,13). The summed E-state index contributed by atoms with van der Waals surface area (Å²) in [6.07, 6.45) is 2.01. The molecule has 3 N–H and O–H groups in total. The molecular formula is C7H13N5O2. The fourth-order valence-electron chi connectivity index (χ4n) is 0.950. The Morgan fingerprint density at radius 3 is 3.21 bits per heavy atom. The van der Waals surface area contributed by atoms with Gasteiger partial charge >= 0.3 is 0 Å². The fourth-order valence-corrected chi connectivity index (χ4v) is 0.950. The lowest BCUT2D eigenvalue weighted by atomic mass is 10.4. The number of methoxy groups -OCH3 is 1. The average molecular weight is 199 g/mol. The average Bonchev–Trinajstić information content (AvgIpc) is 2.63. The largest absolute Gasteiger partial charge is 0.378 e. The Hall–Kier alpha value is -1.47. The number of hydrazine groups is 1. The van der Waals surface area contributed by atoms with Gasteiger partial charge in [0.15, 0.2) is 0 Å². The number of nitrogens with one attached hydrogen (secondary N) is 1. The van der Waals surface area contributed by atoms with Gasteiger partial charge in [-0.05, 0) is 0 Å². The van der Waals surface area contributed by atoms with Gasteiger partial charge < -0.3 is 4.74 Å². The molecule has 14 heavy (non-hydrogen) atoms. The molecule has 7 nitrogen and oxygen atoms in total. The Labute approximate surface area is 81.2 Å². The highest BCUT2D eigenvalue weighted by Crippen LogP contribution is 1.95. The second-order valence-corrected chi connectivity index (χ2v) is 2.72. The maximum Gasteiger partial charge on any atom is 0.235 e. The van der Waals surface area contributed by atoms with E-state index in [1.807, 2.05) is 5.43 Å². The molecule has 1 amide bonds. The van der Waals surface area contributed by atoms with Crippen LogP contribution in [0.25, 0.3) is 0 Å². The van der Waals surface area contributed by atoms with E-state index in [1.165, 1.54) is 0 Å². The normalized spacial score (nSPS) is 10.1. The zero-order valence-corrected chi connectivity index (χ0v) is 7.93. The Morgan fingerprint density at radius 2 is 2.57 bits per heavy atom. The van der Waals surface area contributed by atoms with E-state index in [0.29, 0.717) is 13.2 Å². The summed E-state index contributed by atoms with van der Waals surface area (Å²) >= 11 is 0. The van der Waals surface area contributed by atoms with Crippen molar-refractivity contribution in [1.29, 1.82) is 0 Å². The van der Waals surface area contributed by atoms with Crippen LogP contribution in [0, 0.1) is 0 Å². The van der Waals surface area contributed by atoms with Crippen LogP contribution in [-0.2, 0) is 22.7 Å². The Kier molecular flexibility index (Phi) is 4.02. The number of rotatable bonds is 5. The zero-order chi connectivity index (χ0) is 10.4. The van der Waals surface area contributed by atoms with Crippen LogP contribution in [0.3, 0.4) is 0 Å². The smallest absolute Gasteiger partial charge is 0.235 e. The third-order valence-corrected chi connectivity index (χ3v) is 1.61. The molecule has 0 saturated carbocycles. The molecule has 0 saturated heterocycles. The molecule has 0 radical (unpaired) electrons. The van der Waals surface area contributed by atoms with Crippen LogP contribution in [0.4, 0.5) is 0 Å². The number of hydrogen-bond donors (Lipinski definition) is 2. The molecule has 0 spiro atoms. The second kappa shape index (κ2) is 5.30. The van der Waals surface area contributed by atoms with E-state index >= 15 is 0 Å². The molecule has 1 heterocycles. The van der Waals surface area contributed by atoms with Crippen molar-refractivity contribution < 1.29 is 9.53 Å². The van der Waals surface area contributed by atoms with Gasteiger partial charge in [-0.1, -0.05) is 5.21 Å². The van der Waals surface area contributed by atoms with Crippen LogP contribution in [0.15, 0.2) is 6.20 Å². The molecule has 0 aliphatic carbocycles. The van der Waals surface area contributed by atoms with Gasteiger partial charge in [-0.15, -0.1) is 5.10 Å². The number of aryl methyl sites for hydroxylation is 1. The zero-order valence-electron chi connectivity index (χ0n) is 7.93.